The van der Waals surface area contributed by atoms with Crippen LogP contribution >= 0.6 is 0 Å². The lowest BCUT2D eigenvalue weighted by Crippen LogP contribution is -2.09. The molecule has 0 spiro atoms. The molecule has 5 nitrogen and oxygen atoms in total. The van der Waals surface area contributed by atoms with Crippen molar-refractivity contribution in [2.45, 2.75) is 13.0 Å². The number of rotatable bonds is 3. The number of nitrogen functional groups attached to an aromatic ring is 1. The molecule has 0 fully saturated rings. The lowest BCUT2D eigenvalue weighted by molar-refractivity contribution is -0.140. The van der Waals surface area contributed by atoms with Gasteiger partial charge in [0.15, 0.2) is 0 Å². The summed E-state index contributed by atoms with van der Waals surface area (Å²) >= 11 is 0. The van der Waals surface area contributed by atoms with Crippen LogP contribution in [0.5, 0.6) is 0 Å². The molecular formula is C11H13N3O2. The molecule has 1 heterocycles. The van der Waals surface area contributed by atoms with Gasteiger partial charge in [0.05, 0.1) is 24.6 Å². The van der Waals surface area contributed by atoms with Crippen LogP contribution in [-0.4, -0.2) is 22.6 Å². The number of hydrogen-bond donors (Lipinski definition) is 1. The number of anilines is 1. The Labute approximate surface area is 92.8 Å². The van der Waals surface area contributed by atoms with Gasteiger partial charge < -0.3 is 15.0 Å². The zero-order chi connectivity index (χ0) is 11.5. The largest absolute Gasteiger partial charge is 0.469 e. The Balaban J connectivity index is 2.29. The highest BCUT2D eigenvalue weighted by molar-refractivity contribution is 5.78. The topological polar surface area (TPSA) is 70.1 Å². The fourth-order valence-electron chi connectivity index (χ4n) is 1.63. The summed E-state index contributed by atoms with van der Waals surface area (Å²) in [5.74, 6) is 0.169. The molecule has 16 heavy (non-hydrogen) atoms. The number of methoxy groups -OCH3 is 1. The van der Waals surface area contributed by atoms with Gasteiger partial charge in [-0.2, -0.15) is 0 Å². The van der Waals surface area contributed by atoms with Crippen LogP contribution in [0.15, 0.2) is 24.3 Å². The molecule has 0 aliphatic carbocycles. The highest BCUT2D eigenvalue weighted by Crippen LogP contribution is 2.17. The molecule has 0 aliphatic heterocycles. The van der Waals surface area contributed by atoms with Gasteiger partial charge in [0.25, 0.3) is 0 Å². The second-order valence-electron chi connectivity index (χ2n) is 3.44. The smallest absolute Gasteiger partial charge is 0.307 e. The van der Waals surface area contributed by atoms with E-state index >= 15 is 0 Å². The first-order valence-corrected chi connectivity index (χ1v) is 5.00. The maximum atomic E-state index is 11.1. The number of imidazole rings is 1. The molecule has 1 aromatic heterocycles. The monoisotopic (exact) mass is 219 g/mol. The van der Waals surface area contributed by atoms with Gasteiger partial charge >= 0.3 is 5.97 Å². The van der Waals surface area contributed by atoms with Gasteiger partial charge in [-0.1, -0.05) is 12.1 Å². The predicted octanol–water partition coefficient (Wildman–Crippen LogP) is 1.18. The molecular weight excluding hydrogens is 206 g/mol. The molecule has 0 saturated heterocycles. The normalized spacial score (nSPS) is 10.6. The molecule has 1 aromatic carbocycles. The Hall–Kier alpha value is -2.04. The number of aryl methyl sites for hydroxylation is 1. The average Bonchev–Trinajstić information content (AvgIpc) is 2.62. The molecule has 2 N–H and O–H groups in total. The molecule has 2 rings (SSSR count). The predicted molar refractivity (Wildman–Crippen MR) is 60.8 cm³/mol. The first kappa shape index (κ1) is 10.5. The van der Waals surface area contributed by atoms with Gasteiger partial charge in [-0.15, -0.1) is 0 Å². The molecule has 0 aliphatic rings. The average molecular weight is 219 g/mol. The molecule has 5 heteroatoms. The summed E-state index contributed by atoms with van der Waals surface area (Å²) in [6, 6.07) is 7.63. The van der Waals surface area contributed by atoms with Crippen molar-refractivity contribution in [1.29, 1.82) is 0 Å². The standard InChI is InChI=1S/C11H13N3O2/c1-16-10(15)6-7-14-9-5-3-2-4-8(9)13-11(14)12/h2-5H,6-7H2,1H3,(H2,12,13). The lowest BCUT2D eigenvalue weighted by atomic mass is 10.3. The molecule has 0 unspecified atom stereocenters. The Morgan fingerprint density at radius 1 is 1.50 bits per heavy atom. The van der Waals surface area contributed by atoms with Crippen LogP contribution in [0, 0.1) is 0 Å². The van der Waals surface area contributed by atoms with E-state index in [4.69, 9.17) is 5.73 Å². The number of esters is 1. The molecule has 0 bridgehead atoms. The third-order valence-electron chi connectivity index (χ3n) is 2.45. The van der Waals surface area contributed by atoms with E-state index in [-0.39, 0.29) is 5.97 Å². The first-order valence-electron chi connectivity index (χ1n) is 5.00. The number of nitrogens with two attached hydrogens (primary N) is 1. The Morgan fingerprint density at radius 3 is 3.00 bits per heavy atom. The number of fused-ring (bicyclic) bond motifs is 1. The van der Waals surface area contributed by atoms with Gasteiger partial charge in [0, 0.05) is 6.54 Å². The quantitative estimate of drug-likeness (QED) is 0.787. The van der Waals surface area contributed by atoms with E-state index in [1.165, 1.54) is 7.11 Å². The van der Waals surface area contributed by atoms with Gasteiger partial charge in [0.1, 0.15) is 0 Å². The molecule has 0 amide bonds. The highest BCUT2D eigenvalue weighted by atomic mass is 16.5. The maximum Gasteiger partial charge on any atom is 0.307 e. The van der Waals surface area contributed by atoms with Crippen LogP contribution < -0.4 is 5.73 Å². The van der Waals surface area contributed by atoms with E-state index in [9.17, 15) is 4.79 Å². The molecule has 0 radical (unpaired) electrons. The third-order valence-corrected chi connectivity index (χ3v) is 2.45. The van der Waals surface area contributed by atoms with Crippen molar-refractivity contribution in [1.82, 2.24) is 9.55 Å². The van der Waals surface area contributed by atoms with Crippen LogP contribution in [0.3, 0.4) is 0 Å². The van der Waals surface area contributed by atoms with Gasteiger partial charge in [-0.05, 0) is 12.1 Å². The van der Waals surface area contributed by atoms with Gasteiger partial charge in [-0.25, -0.2) is 4.98 Å². The molecule has 0 saturated carbocycles. The highest BCUT2D eigenvalue weighted by Gasteiger charge is 2.08. The fourth-order valence-corrected chi connectivity index (χ4v) is 1.63. The minimum Gasteiger partial charge on any atom is -0.469 e. The van der Waals surface area contributed by atoms with E-state index in [0.29, 0.717) is 18.9 Å². The molecule has 84 valence electrons. The number of benzene rings is 1. The van der Waals surface area contributed by atoms with Crippen LogP contribution in [0.25, 0.3) is 11.0 Å². The number of carbonyl (C=O) groups is 1. The van der Waals surface area contributed by atoms with E-state index < -0.39 is 0 Å². The number of hydrogen-bond acceptors (Lipinski definition) is 4. The summed E-state index contributed by atoms with van der Waals surface area (Å²) in [4.78, 5) is 15.3. The molecule has 2 aromatic rings. The zero-order valence-electron chi connectivity index (χ0n) is 9.01. The summed E-state index contributed by atoms with van der Waals surface area (Å²) in [5, 5.41) is 0. The van der Waals surface area contributed by atoms with Crippen molar-refractivity contribution in [2.75, 3.05) is 12.8 Å². The van der Waals surface area contributed by atoms with Crippen molar-refractivity contribution in [3.05, 3.63) is 24.3 Å². The van der Waals surface area contributed by atoms with Crippen LogP contribution in [0.1, 0.15) is 6.42 Å². The van der Waals surface area contributed by atoms with Crippen LogP contribution in [-0.2, 0) is 16.1 Å². The van der Waals surface area contributed by atoms with E-state index in [1.807, 2.05) is 28.8 Å². The van der Waals surface area contributed by atoms with Crippen molar-refractivity contribution in [2.24, 2.45) is 0 Å². The second kappa shape index (κ2) is 4.22. The van der Waals surface area contributed by atoms with Crippen LogP contribution in [0.2, 0.25) is 0 Å². The zero-order valence-corrected chi connectivity index (χ0v) is 9.01. The minimum atomic E-state index is -0.253. The number of aromatic nitrogens is 2. The number of carbonyl (C=O) groups excluding carboxylic acids is 1. The Morgan fingerprint density at radius 2 is 2.25 bits per heavy atom. The van der Waals surface area contributed by atoms with E-state index in [1.54, 1.807) is 0 Å². The summed E-state index contributed by atoms with van der Waals surface area (Å²) < 4.78 is 6.40. The van der Waals surface area contributed by atoms with E-state index in [2.05, 4.69) is 9.72 Å². The first-order chi connectivity index (χ1) is 7.72. The second-order valence-corrected chi connectivity index (χ2v) is 3.44. The van der Waals surface area contributed by atoms with E-state index in [0.717, 1.165) is 11.0 Å². The van der Waals surface area contributed by atoms with Crippen molar-refractivity contribution < 1.29 is 9.53 Å². The number of para-hydroxylation sites is 2. The fraction of sp³-hybridized carbons (Fsp3) is 0.273. The minimum absolute atomic E-state index is 0.253. The van der Waals surface area contributed by atoms with Crippen molar-refractivity contribution in [3.8, 4) is 0 Å². The molecule has 0 atom stereocenters. The Kier molecular flexibility index (Phi) is 2.76. The summed E-state index contributed by atoms with van der Waals surface area (Å²) in [6.07, 6.45) is 0.293. The van der Waals surface area contributed by atoms with Crippen LogP contribution in [0.4, 0.5) is 5.95 Å². The SMILES string of the molecule is COC(=O)CCn1c(N)nc2ccccc21. The Bertz CT molecular complexity index is 519. The van der Waals surface area contributed by atoms with Gasteiger partial charge in [0.2, 0.25) is 5.95 Å². The lowest BCUT2D eigenvalue weighted by Gasteiger charge is -2.04. The van der Waals surface area contributed by atoms with Gasteiger partial charge in [-0.3, -0.25) is 4.79 Å². The summed E-state index contributed by atoms with van der Waals surface area (Å²) in [7, 11) is 1.37. The number of nitrogens with zero attached hydrogens (tertiary/aromatic N) is 2. The van der Waals surface area contributed by atoms with Crippen molar-refractivity contribution in [3.63, 3.8) is 0 Å². The summed E-state index contributed by atoms with van der Waals surface area (Å²) in [6.45, 7) is 0.485. The third kappa shape index (κ3) is 1.84. The summed E-state index contributed by atoms with van der Waals surface area (Å²) in [5.41, 5.74) is 7.55. The number of ether oxygens (including phenoxy) is 1. The maximum absolute atomic E-state index is 11.1. The van der Waals surface area contributed by atoms with Crippen molar-refractivity contribution >= 4 is 23.0 Å².